The second kappa shape index (κ2) is 8.01. The van der Waals surface area contributed by atoms with Gasteiger partial charge in [0.15, 0.2) is 0 Å². The molecule has 1 aliphatic rings. The fourth-order valence-corrected chi connectivity index (χ4v) is 2.86. The van der Waals surface area contributed by atoms with Crippen molar-refractivity contribution in [2.24, 2.45) is 5.73 Å². The first kappa shape index (κ1) is 17.5. The van der Waals surface area contributed by atoms with Crippen molar-refractivity contribution >= 4 is 34.2 Å². The molecule has 112 valence electrons. The van der Waals surface area contributed by atoms with Gasteiger partial charge >= 0.3 is 0 Å². The van der Waals surface area contributed by atoms with Crippen LogP contribution in [-0.4, -0.2) is 19.0 Å². The first-order valence-electron chi connectivity index (χ1n) is 6.89. The molecule has 3 N–H and O–H groups in total. The van der Waals surface area contributed by atoms with E-state index in [0.717, 1.165) is 30.3 Å². The van der Waals surface area contributed by atoms with E-state index in [4.69, 9.17) is 5.73 Å². The fraction of sp³-hybridized carbons (Fsp3) is 0.533. The van der Waals surface area contributed by atoms with Gasteiger partial charge in [0.05, 0.1) is 0 Å². The maximum Gasteiger partial charge on any atom is 0.220 e. The average Bonchev–Trinajstić information content (AvgIpc) is 2.37. The van der Waals surface area contributed by atoms with Crippen molar-refractivity contribution in [3.05, 3.63) is 34.3 Å². The molecule has 1 aromatic carbocycles. The van der Waals surface area contributed by atoms with E-state index >= 15 is 0 Å². The van der Waals surface area contributed by atoms with E-state index in [9.17, 15) is 4.79 Å². The van der Waals surface area contributed by atoms with Gasteiger partial charge in [0.1, 0.15) is 0 Å². The number of hydrogen-bond donors (Lipinski definition) is 2. The summed E-state index contributed by atoms with van der Waals surface area (Å²) in [5, 5.41) is 3.07. The van der Waals surface area contributed by atoms with Gasteiger partial charge in [0.25, 0.3) is 0 Å². The quantitative estimate of drug-likeness (QED) is 0.818. The summed E-state index contributed by atoms with van der Waals surface area (Å²) in [6.07, 6.45) is 4.86. The van der Waals surface area contributed by atoms with Crippen LogP contribution in [0.25, 0.3) is 0 Å². The Bertz CT molecular complexity index is 432. The molecule has 20 heavy (non-hydrogen) atoms. The van der Waals surface area contributed by atoms with Gasteiger partial charge in [0.2, 0.25) is 5.91 Å². The molecule has 0 radical (unpaired) electrons. The SMILES string of the molecule is Cl.NCCCC(=O)NCC1(c2ccc(Br)cc2)CCC1. The lowest BCUT2D eigenvalue weighted by Crippen LogP contribution is -2.45. The zero-order chi connectivity index (χ0) is 13.7. The van der Waals surface area contributed by atoms with Crippen LogP contribution in [0.5, 0.6) is 0 Å². The first-order chi connectivity index (χ1) is 9.16. The summed E-state index contributed by atoms with van der Waals surface area (Å²) < 4.78 is 1.10. The number of nitrogens with one attached hydrogen (secondary N) is 1. The molecule has 0 aromatic heterocycles. The molecular weight excluding hydrogens is 340 g/mol. The molecule has 2 rings (SSSR count). The summed E-state index contributed by atoms with van der Waals surface area (Å²) in [6, 6.07) is 8.47. The third kappa shape index (κ3) is 4.21. The lowest BCUT2D eigenvalue weighted by atomic mass is 9.64. The lowest BCUT2D eigenvalue weighted by molar-refractivity contribution is -0.121. The van der Waals surface area contributed by atoms with Crippen molar-refractivity contribution in [3.63, 3.8) is 0 Å². The Morgan fingerprint density at radius 2 is 1.95 bits per heavy atom. The van der Waals surface area contributed by atoms with Gasteiger partial charge in [-0.15, -0.1) is 12.4 Å². The largest absolute Gasteiger partial charge is 0.355 e. The van der Waals surface area contributed by atoms with Gasteiger partial charge in [-0.05, 0) is 43.5 Å². The maximum absolute atomic E-state index is 11.7. The second-order valence-electron chi connectivity index (χ2n) is 5.31. The average molecular weight is 362 g/mol. The van der Waals surface area contributed by atoms with Crippen LogP contribution >= 0.6 is 28.3 Å². The van der Waals surface area contributed by atoms with Gasteiger partial charge in [-0.25, -0.2) is 0 Å². The maximum atomic E-state index is 11.7. The van der Waals surface area contributed by atoms with E-state index in [2.05, 4.69) is 45.5 Å². The molecule has 1 aliphatic carbocycles. The van der Waals surface area contributed by atoms with Crippen molar-refractivity contribution in [2.45, 2.75) is 37.5 Å². The number of nitrogens with two attached hydrogens (primary N) is 1. The normalized spacial score (nSPS) is 15.9. The van der Waals surface area contributed by atoms with Crippen LogP contribution < -0.4 is 11.1 Å². The Hall–Kier alpha value is -0.580. The molecule has 0 heterocycles. The lowest BCUT2D eigenvalue weighted by Gasteiger charge is -2.42. The van der Waals surface area contributed by atoms with Crippen LogP contribution in [0.3, 0.4) is 0 Å². The summed E-state index contributed by atoms with van der Waals surface area (Å²) in [6.45, 7) is 1.32. The highest BCUT2D eigenvalue weighted by Crippen LogP contribution is 2.43. The predicted molar refractivity (Wildman–Crippen MR) is 88.2 cm³/mol. The molecule has 1 fully saturated rings. The van der Waals surface area contributed by atoms with Gasteiger partial charge < -0.3 is 11.1 Å². The second-order valence-corrected chi connectivity index (χ2v) is 6.23. The van der Waals surface area contributed by atoms with Crippen molar-refractivity contribution in [1.82, 2.24) is 5.32 Å². The minimum absolute atomic E-state index is 0. The molecule has 0 unspecified atom stereocenters. The van der Waals surface area contributed by atoms with Crippen molar-refractivity contribution in [2.75, 3.05) is 13.1 Å². The Balaban J connectivity index is 0.00000200. The van der Waals surface area contributed by atoms with Crippen LogP contribution in [0, 0.1) is 0 Å². The molecular formula is C15H22BrClN2O. The standard InChI is InChI=1S/C15H21BrN2O.ClH/c16-13-6-4-12(5-7-13)15(8-2-9-15)11-18-14(19)3-1-10-17;/h4-7H,1-3,8-11,17H2,(H,18,19);1H. The highest BCUT2D eigenvalue weighted by Gasteiger charge is 2.38. The first-order valence-corrected chi connectivity index (χ1v) is 7.68. The van der Waals surface area contributed by atoms with E-state index < -0.39 is 0 Å². The summed E-state index contributed by atoms with van der Waals surface area (Å²) in [7, 11) is 0. The smallest absolute Gasteiger partial charge is 0.220 e. The molecule has 0 saturated heterocycles. The number of hydrogen-bond acceptors (Lipinski definition) is 2. The Kier molecular flexibility index (Phi) is 7.00. The van der Waals surface area contributed by atoms with Gasteiger partial charge in [0, 0.05) is 22.9 Å². The molecule has 5 heteroatoms. The van der Waals surface area contributed by atoms with E-state index in [1.165, 1.54) is 12.0 Å². The molecule has 3 nitrogen and oxygen atoms in total. The highest BCUT2D eigenvalue weighted by atomic mass is 79.9. The molecule has 0 bridgehead atoms. The van der Waals surface area contributed by atoms with Crippen LogP contribution in [0.4, 0.5) is 0 Å². The molecule has 1 saturated carbocycles. The minimum atomic E-state index is 0. The molecule has 1 aromatic rings. The number of amides is 1. The summed E-state index contributed by atoms with van der Waals surface area (Å²) >= 11 is 3.46. The zero-order valence-corrected chi connectivity index (χ0v) is 13.9. The third-order valence-electron chi connectivity index (χ3n) is 4.00. The van der Waals surface area contributed by atoms with Crippen molar-refractivity contribution < 1.29 is 4.79 Å². The van der Waals surface area contributed by atoms with E-state index in [-0.39, 0.29) is 23.7 Å². The van der Waals surface area contributed by atoms with Gasteiger partial charge in [-0.3, -0.25) is 4.79 Å². The van der Waals surface area contributed by atoms with E-state index in [1.54, 1.807) is 0 Å². The minimum Gasteiger partial charge on any atom is -0.355 e. The van der Waals surface area contributed by atoms with Crippen molar-refractivity contribution in [1.29, 1.82) is 0 Å². The Labute approximate surface area is 135 Å². The summed E-state index contributed by atoms with van der Waals surface area (Å²) in [5.41, 5.74) is 6.90. The monoisotopic (exact) mass is 360 g/mol. The van der Waals surface area contributed by atoms with E-state index in [0.29, 0.717) is 13.0 Å². The number of rotatable bonds is 6. The number of carbonyl (C=O) groups is 1. The third-order valence-corrected chi connectivity index (χ3v) is 4.53. The van der Waals surface area contributed by atoms with Crippen LogP contribution in [0.15, 0.2) is 28.7 Å². The zero-order valence-electron chi connectivity index (χ0n) is 11.5. The predicted octanol–water partition coefficient (Wildman–Crippen LogP) is 3.15. The van der Waals surface area contributed by atoms with Gasteiger partial charge in [-0.1, -0.05) is 34.5 Å². The number of carbonyl (C=O) groups excluding carboxylic acids is 1. The molecule has 0 aliphatic heterocycles. The number of halogens is 2. The van der Waals surface area contributed by atoms with Gasteiger partial charge in [-0.2, -0.15) is 0 Å². The topological polar surface area (TPSA) is 55.1 Å². The van der Waals surface area contributed by atoms with Crippen LogP contribution in [0.2, 0.25) is 0 Å². The van der Waals surface area contributed by atoms with Crippen molar-refractivity contribution in [3.8, 4) is 0 Å². The van der Waals surface area contributed by atoms with Crippen LogP contribution in [-0.2, 0) is 10.2 Å². The molecule has 0 atom stereocenters. The fourth-order valence-electron chi connectivity index (χ4n) is 2.59. The summed E-state index contributed by atoms with van der Waals surface area (Å²) in [4.78, 5) is 11.7. The Morgan fingerprint density at radius 1 is 1.30 bits per heavy atom. The summed E-state index contributed by atoms with van der Waals surface area (Å²) in [5.74, 6) is 0.119. The van der Waals surface area contributed by atoms with E-state index in [1.807, 2.05) is 0 Å². The van der Waals surface area contributed by atoms with Crippen LogP contribution in [0.1, 0.15) is 37.7 Å². The molecule has 0 spiro atoms. The number of benzene rings is 1. The highest BCUT2D eigenvalue weighted by molar-refractivity contribution is 9.10. The Morgan fingerprint density at radius 3 is 2.45 bits per heavy atom. The molecule has 1 amide bonds.